The van der Waals surface area contributed by atoms with Crippen LogP contribution in [0.15, 0.2) is 40.0 Å². The summed E-state index contributed by atoms with van der Waals surface area (Å²) < 4.78 is 38.1. The predicted octanol–water partition coefficient (Wildman–Crippen LogP) is 1.52. The zero-order chi connectivity index (χ0) is 19.5. The minimum Gasteiger partial charge on any atom is -0.370 e. The number of aliphatic imine (C=N–C) groups is 1. The number of carbonyl (C=O) groups excluding carboxylic acids is 2. The Morgan fingerprint density at radius 1 is 1.46 bits per heavy atom. The van der Waals surface area contributed by atoms with Crippen molar-refractivity contribution >= 4 is 35.4 Å². The monoisotopic (exact) mass is 389 g/mol. The van der Waals surface area contributed by atoms with Crippen molar-refractivity contribution < 1.29 is 22.8 Å². The van der Waals surface area contributed by atoms with Crippen LogP contribution < -0.4 is 21.7 Å². The number of nitrogens with one attached hydrogen (secondary N) is 3. The molecule has 2 rings (SSSR count). The normalized spacial score (nSPS) is 20.3. The Morgan fingerprint density at radius 3 is 2.77 bits per heavy atom. The Labute approximate surface area is 151 Å². The molecule has 0 radical (unpaired) electrons. The number of amides is 1. The summed E-state index contributed by atoms with van der Waals surface area (Å²) >= 11 is 5.90. The number of rotatable bonds is 5. The number of nitrogens with two attached hydrogens (primary N) is 1. The summed E-state index contributed by atoms with van der Waals surface area (Å²) in [5, 5.41) is 7.48. The van der Waals surface area contributed by atoms with Crippen LogP contribution in [0.4, 0.5) is 18.9 Å². The summed E-state index contributed by atoms with van der Waals surface area (Å²) in [5.74, 6) is -0.701. The van der Waals surface area contributed by atoms with E-state index in [0.717, 1.165) is 12.1 Å². The molecule has 5 N–H and O–H groups in total. The zero-order valence-corrected chi connectivity index (χ0v) is 14.2. The molecule has 1 amide bonds. The van der Waals surface area contributed by atoms with Crippen LogP contribution >= 0.6 is 11.6 Å². The van der Waals surface area contributed by atoms with Crippen molar-refractivity contribution in [3.05, 3.63) is 40.6 Å². The number of guanidine groups is 1. The van der Waals surface area contributed by atoms with E-state index in [9.17, 15) is 22.8 Å². The Hall–Kier alpha value is -2.59. The molecule has 1 aliphatic rings. The largest absolute Gasteiger partial charge is 0.416 e. The van der Waals surface area contributed by atoms with E-state index >= 15 is 0 Å². The molecule has 1 aromatic rings. The van der Waals surface area contributed by atoms with Gasteiger partial charge in [0, 0.05) is 5.69 Å². The minimum atomic E-state index is -4.52. The molecule has 1 unspecified atom stereocenters. The van der Waals surface area contributed by atoms with E-state index < -0.39 is 23.3 Å². The molecule has 1 aromatic carbocycles. The van der Waals surface area contributed by atoms with E-state index in [1.807, 2.05) is 0 Å². The Kier molecular flexibility index (Phi) is 5.57. The lowest BCUT2D eigenvalue weighted by molar-refractivity contribution is -0.137. The van der Waals surface area contributed by atoms with Crippen LogP contribution in [0.3, 0.4) is 0 Å². The quantitative estimate of drug-likeness (QED) is 0.451. The zero-order valence-electron chi connectivity index (χ0n) is 13.4. The van der Waals surface area contributed by atoms with Crippen molar-refractivity contribution in [2.75, 3.05) is 11.9 Å². The molecule has 0 spiro atoms. The number of anilines is 1. The first-order chi connectivity index (χ1) is 12.0. The van der Waals surface area contributed by atoms with Gasteiger partial charge in [0.25, 0.3) is 0 Å². The van der Waals surface area contributed by atoms with Gasteiger partial charge in [0.2, 0.25) is 5.91 Å². The van der Waals surface area contributed by atoms with Crippen LogP contribution in [0, 0.1) is 0 Å². The fourth-order valence-corrected chi connectivity index (χ4v) is 2.58. The van der Waals surface area contributed by atoms with Crippen LogP contribution in [0.25, 0.3) is 0 Å². The summed E-state index contributed by atoms with van der Waals surface area (Å²) in [5.41, 5.74) is 3.32. The summed E-state index contributed by atoms with van der Waals surface area (Å²) in [6.45, 7) is 1.12. The summed E-state index contributed by atoms with van der Waals surface area (Å²) in [6.07, 6.45) is -4.06. The average Bonchev–Trinajstić information content (AvgIpc) is 2.52. The second kappa shape index (κ2) is 7.34. The first-order valence-corrected chi connectivity index (χ1v) is 7.63. The van der Waals surface area contributed by atoms with Gasteiger partial charge in [0.05, 0.1) is 17.7 Å². The van der Waals surface area contributed by atoms with Crippen LogP contribution in [0.1, 0.15) is 12.5 Å². The topological polar surface area (TPSA) is 109 Å². The average molecular weight is 390 g/mol. The van der Waals surface area contributed by atoms with E-state index in [4.69, 9.17) is 17.3 Å². The molecular weight excluding hydrogens is 375 g/mol. The van der Waals surface area contributed by atoms with Crippen LogP contribution in [0.2, 0.25) is 0 Å². The molecule has 1 heterocycles. The van der Waals surface area contributed by atoms with Gasteiger partial charge in [-0.15, -0.1) is 0 Å². The maximum atomic E-state index is 12.7. The second-order valence-corrected chi connectivity index (χ2v) is 5.90. The lowest BCUT2D eigenvalue weighted by Gasteiger charge is -2.31. The van der Waals surface area contributed by atoms with Gasteiger partial charge in [-0.1, -0.05) is 17.7 Å². The first kappa shape index (κ1) is 19.7. The van der Waals surface area contributed by atoms with Crippen molar-refractivity contribution in [3.63, 3.8) is 0 Å². The molecule has 0 saturated carbocycles. The lowest BCUT2D eigenvalue weighted by Crippen LogP contribution is -2.52. The lowest BCUT2D eigenvalue weighted by atomic mass is 10.0. The number of halogens is 4. The highest BCUT2D eigenvalue weighted by Crippen LogP contribution is 2.30. The number of carbonyl (C=O) groups is 2. The molecule has 26 heavy (non-hydrogen) atoms. The third-order valence-corrected chi connectivity index (χ3v) is 3.83. The van der Waals surface area contributed by atoms with E-state index in [0.29, 0.717) is 6.29 Å². The number of aldehydes is 1. The first-order valence-electron chi connectivity index (χ1n) is 7.25. The van der Waals surface area contributed by atoms with E-state index in [1.165, 1.54) is 19.1 Å². The number of hydrogen-bond acceptors (Lipinski definition) is 6. The fraction of sp³-hybridized carbons (Fsp3) is 0.267. The van der Waals surface area contributed by atoms with Crippen LogP contribution in [-0.4, -0.2) is 30.4 Å². The van der Waals surface area contributed by atoms with Gasteiger partial charge >= 0.3 is 6.18 Å². The van der Waals surface area contributed by atoms with Gasteiger partial charge in [0.15, 0.2) is 12.2 Å². The van der Waals surface area contributed by atoms with Crippen molar-refractivity contribution in [1.82, 2.24) is 10.6 Å². The highest BCUT2D eigenvalue weighted by Gasteiger charge is 2.35. The summed E-state index contributed by atoms with van der Waals surface area (Å²) in [4.78, 5) is 27.3. The van der Waals surface area contributed by atoms with E-state index in [-0.39, 0.29) is 28.9 Å². The van der Waals surface area contributed by atoms with Crippen molar-refractivity contribution in [2.45, 2.75) is 18.8 Å². The number of benzene rings is 1. The smallest absolute Gasteiger partial charge is 0.370 e. The molecule has 0 aromatic heterocycles. The van der Waals surface area contributed by atoms with Gasteiger partial charge in [-0.25, -0.2) is 4.99 Å². The molecule has 0 saturated heterocycles. The molecule has 11 heteroatoms. The number of nitrogens with zero attached hydrogens (tertiary/aromatic N) is 1. The van der Waals surface area contributed by atoms with Crippen LogP contribution in [-0.2, 0) is 15.8 Å². The third kappa shape index (κ3) is 4.52. The Balaban J connectivity index is 2.07. The van der Waals surface area contributed by atoms with Crippen molar-refractivity contribution in [2.24, 2.45) is 10.7 Å². The molecule has 0 aliphatic carbocycles. The summed E-state index contributed by atoms with van der Waals surface area (Å²) in [6, 6.07) is 4.21. The maximum absolute atomic E-state index is 12.7. The highest BCUT2D eigenvalue weighted by molar-refractivity contribution is 6.32. The molecule has 7 nitrogen and oxygen atoms in total. The molecule has 1 aliphatic heterocycles. The molecule has 0 bridgehead atoms. The second-order valence-electron chi connectivity index (χ2n) is 5.52. The molecule has 0 fully saturated rings. The van der Waals surface area contributed by atoms with Crippen molar-refractivity contribution in [1.29, 1.82) is 0 Å². The minimum absolute atomic E-state index is 0.0192. The molecular formula is C15H15ClF3N5O2. The van der Waals surface area contributed by atoms with Gasteiger partial charge in [-0.05, 0) is 25.1 Å². The van der Waals surface area contributed by atoms with Gasteiger partial charge in [-0.2, -0.15) is 13.2 Å². The Bertz CT molecular complexity index is 794. The Morgan fingerprint density at radius 2 is 2.15 bits per heavy atom. The van der Waals surface area contributed by atoms with Crippen molar-refractivity contribution in [3.8, 4) is 0 Å². The standard InChI is InChI=1S/C15H15ClF3N5O2/c1-14(10(7-25)12(16)23-13(20)24-14)21-6-11(26)22-9-4-2-3-8(5-9)15(17,18)19/h2-5,7,21H,6H2,1H3,(H,22,26)(H3,20,23,24). The number of hydrogen-bond donors (Lipinski definition) is 4. The SMILES string of the molecule is CC1(NCC(=O)Nc2cccc(C(F)(F)F)c2)N=C(N)NC(Cl)=C1C=O. The fourth-order valence-electron chi connectivity index (χ4n) is 2.25. The van der Waals surface area contributed by atoms with E-state index in [1.54, 1.807) is 0 Å². The molecule has 1 atom stereocenters. The number of alkyl halides is 3. The highest BCUT2D eigenvalue weighted by atomic mass is 35.5. The van der Waals surface area contributed by atoms with Crippen LogP contribution in [0.5, 0.6) is 0 Å². The van der Waals surface area contributed by atoms with Gasteiger partial charge in [0.1, 0.15) is 10.8 Å². The third-order valence-electron chi connectivity index (χ3n) is 3.53. The van der Waals surface area contributed by atoms with Gasteiger partial charge in [-0.3, -0.25) is 14.9 Å². The molecule has 140 valence electrons. The maximum Gasteiger partial charge on any atom is 0.416 e. The summed E-state index contributed by atoms with van der Waals surface area (Å²) in [7, 11) is 0. The van der Waals surface area contributed by atoms with Gasteiger partial charge < -0.3 is 16.4 Å². The van der Waals surface area contributed by atoms with E-state index in [2.05, 4.69) is 20.9 Å². The predicted molar refractivity (Wildman–Crippen MR) is 90.2 cm³/mol.